The molecule has 4 heteroatoms. The number of carbonyl (C=O) groups excluding carboxylic acids is 1. The van der Waals surface area contributed by atoms with Crippen molar-refractivity contribution in [2.45, 2.75) is 32.7 Å². The van der Waals surface area contributed by atoms with Crippen molar-refractivity contribution in [3.8, 4) is 11.3 Å². The summed E-state index contributed by atoms with van der Waals surface area (Å²) in [5.41, 5.74) is 3.98. The monoisotopic (exact) mass is 321 g/mol. The number of aryl methyl sites for hydroxylation is 1. The first-order chi connectivity index (χ1) is 11.6. The number of piperidine rings is 1. The van der Waals surface area contributed by atoms with Crippen molar-refractivity contribution in [2.75, 3.05) is 11.9 Å². The minimum atomic E-state index is 0.0323. The number of hydrogen-bond acceptors (Lipinski definition) is 2. The summed E-state index contributed by atoms with van der Waals surface area (Å²) < 4.78 is 0. The van der Waals surface area contributed by atoms with Crippen LogP contribution in [-0.4, -0.2) is 28.5 Å². The minimum Gasteiger partial charge on any atom is -0.321 e. The summed E-state index contributed by atoms with van der Waals surface area (Å²) >= 11 is 0. The van der Waals surface area contributed by atoms with Gasteiger partial charge in [-0.3, -0.25) is 4.98 Å². The second kappa shape index (κ2) is 5.93. The molecule has 2 bridgehead atoms. The van der Waals surface area contributed by atoms with E-state index in [-0.39, 0.29) is 6.03 Å². The Morgan fingerprint density at radius 2 is 2.12 bits per heavy atom. The first-order valence-electron chi connectivity index (χ1n) is 8.71. The smallest absolute Gasteiger partial charge is 0.321 e. The van der Waals surface area contributed by atoms with Crippen LogP contribution in [0.15, 0.2) is 42.6 Å². The van der Waals surface area contributed by atoms with Gasteiger partial charge in [0.1, 0.15) is 0 Å². The van der Waals surface area contributed by atoms with E-state index in [1.807, 2.05) is 41.3 Å². The molecule has 0 radical (unpaired) electrons. The molecule has 1 aromatic heterocycles. The van der Waals surface area contributed by atoms with E-state index < -0.39 is 0 Å². The van der Waals surface area contributed by atoms with Crippen molar-refractivity contribution in [2.24, 2.45) is 11.8 Å². The molecule has 1 saturated carbocycles. The number of carbonyl (C=O) groups is 1. The molecular formula is C20H23N3O. The fourth-order valence-corrected chi connectivity index (χ4v) is 4.28. The van der Waals surface area contributed by atoms with E-state index in [1.165, 1.54) is 12.8 Å². The Bertz CT molecular complexity index is 759. The summed E-state index contributed by atoms with van der Waals surface area (Å²) in [6, 6.07) is 12.4. The van der Waals surface area contributed by atoms with Gasteiger partial charge in [0.05, 0.1) is 5.69 Å². The molecule has 1 aliphatic carbocycles. The number of fused-ring (bicyclic) bond motifs is 2. The van der Waals surface area contributed by atoms with E-state index in [1.54, 1.807) is 6.20 Å². The first kappa shape index (κ1) is 15.2. The number of benzene rings is 1. The summed E-state index contributed by atoms with van der Waals surface area (Å²) in [4.78, 5) is 19.1. The Labute approximate surface area is 142 Å². The van der Waals surface area contributed by atoms with Crippen LogP contribution in [0.1, 0.15) is 25.3 Å². The van der Waals surface area contributed by atoms with Crippen molar-refractivity contribution in [3.05, 3.63) is 48.2 Å². The molecule has 1 saturated heterocycles. The second-order valence-electron chi connectivity index (χ2n) is 7.21. The summed E-state index contributed by atoms with van der Waals surface area (Å²) in [7, 11) is 0. The lowest BCUT2D eigenvalue weighted by molar-refractivity contribution is 0.173. The molecule has 2 fully saturated rings. The van der Waals surface area contributed by atoms with Crippen molar-refractivity contribution in [1.29, 1.82) is 0 Å². The Morgan fingerprint density at radius 3 is 2.83 bits per heavy atom. The third kappa shape index (κ3) is 2.66. The van der Waals surface area contributed by atoms with Crippen LogP contribution in [0.3, 0.4) is 0 Å². The molecule has 1 aliphatic heterocycles. The van der Waals surface area contributed by atoms with Gasteiger partial charge in [-0.15, -0.1) is 0 Å². The highest BCUT2D eigenvalue weighted by Gasteiger charge is 2.44. The zero-order valence-corrected chi connectivity index (χ0v) is 14.2. The molecule has 2 aromatic rings. The van der Waals surface area contributed by atoms with Gasteiger partial charge in [-0.25, -0.2) is 4.79 Å². The van der Waals surface area contributed by atoms with Crippen LogP contribution in [-0.2, 0) is 0 Å². The van der Waals surface area contributed by atoms with Crippen molar-refractivity contribution in [1.82, 2.24) is 9.88 Å². The molecule has 0 spiro atoms. The van der Waals surface area contributed by atoms with Gasteiger partial charge in [0.2, 0.25) is 0 Å². The number of rotatable bonds is 2. The normalized spacial score (nSPS) is 25.1. The van der Waals surface area contributed by atoms with Crippen LogP contribution in [0.4, 0.5) is 10.5 Å². The standard InChI is InChI=1S/C20H23N3O/c1-13-6-7-16(11-17(13)18-5-3-4-8-21-18)22-20(24)23-12-15-9-14(2)19(23)10-15/h3-8,11,14-15,19H,9-10,12H2,1-2H3,(H,22,24)/t14-,15-,19-/m0/s1. The molecule has 4 nitrogen and oxygen atoms in total. The molecule has 2 heterocycles. The van der Waals surface area contributed by atoms with Gasteiger partial charge < -0.3 is 10.2 Å². The van der Waals surface area contributed by atoms with Crippen molar-refractivity contribution < 1.29 is 4.79 Å². The number of amides is 2. The molecule has 4 rings (SSSR count). The maximum atomic E-state index is 12.7. The zero-order chi connectivity index (χ0) is 16.7. The summed E-state index contributed by atoms with van der Waals surface area (Å²) in [5, 5.41) is 3.09. The molecule has 124 valence electrons. The number of likely N-dealkylation sites (tertiary alicyclic amines) is 1. The third-order valence-electron chi connectivity index (χ3n) is 5.48. The topological polar surface area (TPSA) is 45.2 Å². The van der Waals surface area contributed by atoms with E-state index >= 15 is 0 Å². The molecule has 2 amide bonds. The Kier molecular flexibility index (Phi) is 3.75. The molecule has 24 heavy (non-hydrogen) atoms. The number of hydrogen-bond donors (Lipinski definition) is 1. The van der Waals surface area contributed by atoms with Crippen molar-refractivity contribution in [3.63, 3.8) is 0 Å². The Hall–Kier alpha value is -2.36. The average molecular weight is 321 g/mol. The predicted molar refractivity (Wildman–Crippen MR) is 95.8 cm³/mol. The quantitative estimate of drug-likeness (QED) is 0.895. The Morgan fingerprint density at radius 1 is 1.25 bits per heavy atom. The molecule has 1 aromatic carbocycles. The summed E-state index contributed by atoms with van der Waals surface area (Å²) in [6.45, 7) is 5.23. The van der Waals surface area contributed by atoms with E-state index in [2.05, 4.69) is 24.1 Å². The second-order valence-corrected chi connectivity index (χ2v) is 7.21. The third-order valence-corrected chi connectivity index (χ3v) is 5.48. The fourth-order valence-electron chi connectivity index (χ4n) is 4.28. The highest BCUT2D eigenvalue weighted by atomic mass is 16.2. The first-order valence-corrected chi connectivity index (χ1v) is 8.71. The lowest BCUT2D eigenvalue weighted by Crippen LogP contribution is -2.43. The number of aromatic nitrogens is 1. The fraction of sp³-hybridized carbons (Fsp3) is 0.400. The lowest BCUT2D eigenvalue weighted by Gasteiger charge is -2.31. The number of nitrogens with one attached hydrogen (secondary N) is 1. The molecule has 3 atom stereocenters. The number of nitrogens with zero attached hydrogens (tertiary/aromatic N) is 2. The van der Waals surface area contributed by atoms with E-state index in [0.29, 0.717) is 17.9 Å². The van der Waals surface area contributed by atoms with Crippen LogP contribution >= 0.6 is 0 Å². The van der Waals surface area contributed by atoms with Gasteiger partial charge in [0.15, 0.2) is 0 Å². The van der Waals surface area contributed by atoms with Crippen LogP contribution in [0.5, 0.6) is 0 Å². The maximum absolute atomic E-state index is 12.7. The largest absolute Gasteiger partial charge is 0.322 e. The van der Waals surface area contributed by atoms with E-state index in [0.717, 1.165) is 29.1 Å². The Balaban J connectivity index is 1.54. The highest BCUT2D eigenvalue weighted by Crippen LogP contribution is 2.41. The van der Waals surface area contributed by atoms with E-state index in [4.69, 9.17) is 0 Å². The van der Waals surface area contributed by atoms with Gasteiger partial charge in [-0.2, -0.15) is 0 Å². The van der Waals surface area contributed by atoms with Gasteiger partial charge in [-0.1, -0.05) is 19.1 Å². The highest BCUT2D eigenvalue weighted by molar-refractivity contribution is 5.91. The van der Waals surface area contributed by atoms with Crippen molar-refractivity contribution >= 4 is 11.7 Å². The zero-order valence-electron chi connectivity index (χ0n) is 14.2. The maximum Gasteiger partial charge on any atom is 0.322 e. The van der Waals surface area contributed by atoms with Gasteiger partial charge in [-0.05, 0) is 61.4 Å². The SMILES string of the molecule is Cc1ccc(NC(=O)N2C[C@H]3C[C@H](C)[C@@H]2C3)cc1-c1ccccn1. The number of urea groups is 1. The summed E-state index contributed by atoms with van der Waals surface area (Å²) in [6.07, 6.45) is 4.23. The average Bonchev–Trinajstić information content (AvgIpc) is 3.17. The predicted octanol–water partition coefficient (Wildman–Crippen LogP) is 4.32. The van der Waals surface area contributed by atoms with Crippen LogP contribution in [0, 0.1) is 18.8 Å². The van der Waals surface area contributed by atoms with Crippen LogP contribution in [0.2, 0.25) is 0 Å². The minimum absolute atomic E-state index is 0.0323. The number of pyridine rings is 1. The summed E-state index contributed by atoms with van der Waals surface area (Å²) in [5.74, 6) is 1.31. The van der Waals surface area contributed by atoms with Gasteiger partial charge in [0, 0.05) is 30.0 Å². The van der Waals surface area contributed by atoms with Gasteiger partial charge in [0.25, 0.3) is 0 Å². The molecule has 0 unspecified atom stereocenters. The molecule has 2 aliphatic rings. The van der Waals surface area contributed by atoms with E-state index in [9.17, 15) is 4.79 Å². The van der Waals surface area contributed by atoms with Crippen LogP contribution in [0.25, 0.3) is 11.3 Å². The molecular weight excluding hydrogens is 298 g/mol. The van der Waals surface area contributed by atoms with Crippen LogP contribution < -0.4 is 5.32 Å². The number of anilines is 1. The molecule has 1 N–H and O–H groups in total. The lowest BCUT2D eigenvalue weighted by atomic mass is 10.0. The van der Waals surface area contributed by atoms with Gasteiger partial charge >= 0.3 is 6.03 Å².